The van der Waals surface area contributed by atoms with Crippen molar-refractivity contribution in [3.05, 3.63) is 77.6 Å². The molecule has 1 heterocycles. The van der Waals surface area contributed by atoms with Crippen molar-refractivity contribution in [2.24, 2.45) is 0 Å². The van der Waals surface area contributed by atoms with Gasteiger partial charge in [-0.2, -0.15) is 0 Å². The standard InChI is InChI=1S/C22H25FN2O/c23-21-11-8-20(9-12-21)10-13-22(26)25-17-15-24(16-18-25)14-4-7-19-5-2-1-3-6-19/h1-9,11-12H,10,13-18H2/b7-4+. The van der Waals surface area contributed by atoms with E-state index in [9.17, 15) is 9.18 Å². The molecule has 1 fully saturated rings. The normalized spacial score (nSPS) is 15.5. The molecule has 0 N–H and O–H groups in total. The molecule has 0 aromatic heterocycles. The Labute approximate surface area is 154 Å². The molecule has 136 valence electrons. The Balaban J connectivity index is 1.38. The minimum absolute atomic E-state index is 0.189. The molecule has 3 rings (SSSR count). The monoisotopic (exact) mass is 352 g/mol. The van der Waals surface area contributed by atoms with Gasteiger partial charge in [-0.05, 0) is 29.7 Å². The van der Waals surface area contributed by atoms with Gasteiger partial charge in [-0.3, -0.25) is 9.69 Å². The van der Waals surface area contributed by atoms with Gasteiger partial charge in [-0.25, -0.2) is 4.39 Å². The van der Waals surface area contributed by atoms with Crippen molar-refractivity contribution in [2.45, 2.75) is 12.8 Å². The number of hydrogen-bond donors (Lipinski definition) is 0. The lowest BCUT2D eigenvalue weighted by atomic mass is 10.1. The number of nitrogens with zero attached hydrogens (tertiary/aromatic N) is 2. The average molecular weight is 352 g/mol. The van der Waals surface area contributed by atoms with Crippen molar-refractivity contribution in [2.75, 3.05) is 32.7 Å². The van der Waals surface area contributed by atoms with E-state index in [4.69, 9.17) is 0 Å². The summed E-state index contributed by atoms with van der Waals surface area (Å²) in [5.41, 5.74) is 2.21. The van der Waals surface area contributed by atoms with Crippen LogP contribution in [-0.2, 0) is 11.2 Å². The van der Waals surface area contributed by atoms with Crippen molar-refractivity contribution in [1.82, 2.24) is 9.80 Å². The summed E-state index contributed by atoms with van der Waals surface area (Å²) in [6.07, 6.45) is 5.47. The average Bonchev–Trinajstić information content (AvgIpc) is 2.69. The predicted molar refractivity (Wildman–Crippen MR) is 103 cm³/mol. The highest BCUT2D eigenvalue weighted by Gasteiger charge is 2.19. The van der Waals surface area contributed by atoms with Gasteiger partial charge in [0.05, 0.1) is 0 Å². The van der Waals surface area contributed by atoms with Gasteiger partial charge in [0.25, 0.3) is 0 Å². The first-order valence-electron chi connectivity index (χ1n) is 9.17. The Morgan fingerprint density at radius 1 is 0.962 bits per heavy atom. The van der Waals surface area contributed by atoms with E-state index in [1.807, 2.05) is 23.1 Å². The zero-order valence-corrected chi connectivity index (χ0v) is 15.0. The fourth-order valence-corrected chi connectivity index (χ4v) is 3.14. The van der Waals surface area contributed by atoms with Gasteiger partial charge in [-0.1, -0.05) is 54.6 Å². The molecule has 1 amide bonds. The summed E-state index contributed by atoms with van der Waals surface area (Å²) in [6, 6.07) is 16.7. The van der Waals surface area contributed by atoms with E-state index in [1.165, 1.54) is 17.7 Å². The minimum atomic E-state index is -0.238. The quantitative estimate of drug-likeness (QED) is 0.793. The molecule has 2 aromatic carbocycles. The molecule has 1 saturated heterocycles. The lowest BCUT2D eigenvalue weighted by Crippen LogP contribution is -2.48. The van der Waals surface area contributed by atoms with E-state index in [0.717, 1.165) is 38.3 Å². The number of carbonyl (C=O) groups is 1. The molecule has 26 heavy (non-hydrogen) atoms. The predicted octanol–water partition coefficient (Wildman–Crippen LogP) is 3.62. The highest BCUT2D eigenvalue weighted by atomic mass is 19.1. The van der Waals surface area contributed by atoms with Crippen LogP contribution in [0.1, 0.15) is 17.5 Å². The SMILES string of the molecule is O=C(CCc1ccc(F)cc1)N1CCN(C/C=C/c2ccccc2)CC1. The minimum Gasteiger partial charge on any atom is -0.340 e. The van der Waals surface area contributed by atoms with Crippen LogP contribution in [0.25, 0.3) is 6.08 Å². The molecule has 4 heteroatoms. The molecule has 1 aliphatic rings. The van der Waals surface area contributed by atoms with Gasteiger partial charge >= 0.3 is 0 Å². The number of benzene rings is 2. The van der Waals surface area contributed by atoms with Gasteiger partial charge < -0.3 is 4.90 Å². The molecule has 0 bridgehead atoms. The second kappa shape index (κ2) is 9.30. The third-order valence-corrected chi connectivity index (χ3v) is 4.74. The van der Waals surface area contributed by atoms with Crippen molar-refractivity contribution < 1.29 is 9.18 Å². The van der Waals surface area contributed by atoms with Crippen LogP contribution in [0.15, 0.2) is 60.7 Å². The molecular weight excluding hydrogens is 327 g/mol. The maximum absolute atomic E-state index is 12.9. The highest BCUT2D eigenvalue weighted by molar-refractivity contribution is 5.76. The van der Waals surface area contributed by atoms with Crippen LogP contribution in [0.5, 0.6) is 0 Å². The van der Waals surface area contributed by atoms with Crippen LogP contribution < -0.4 is 0 Å². The molecule has 2 aromatic rings. The fourth-order valence-electron chi connectivity index (χ4n) is 3.14. The van der Waals surface area contributed by atoms with Crippen LogP contribution in [0.3, 0.4) is 0 Å². The number of rotatable bonds is 6. The Bertz CT molecular complexity index is 720. The van der Waals surface area contributed by atoms with E-state index >= 15 is 0 Å². The van der Waals surface area contributed by atoms with Crippen molar-refractivity contribution in [1.29, 1.82) is 0 Å². The van der Waals surface area contributed by atoms with Crippen LogP contribution in [-0.4, -0.2) is 48.4 Å². The number of carbonyl (C=O) groups excluding carboxylic acids is 1. The molecule has 1 aliphatic heterocycles. The van der Waals surface area contributed by atoms with E-state index in [1.54, 1.807) is 12.1 Å². The van der Waals surface area contributed by atoms with Gasteiger partial charge in [0.1, 0.15) is 5.82 Å². The number of amides is 1. The summed E-state index contributed by atoms with van der Waals surface area (Å²) in [6.45, 7) is 4.28. The molecule has 3 nitrogen and oxygen atoms in total. The molecule has 0 unspecified atom stereocenters. The summed E-state index contributed by atoms with van der Waals surface area (Å²) < 4.78 is 12.9. The number of piperazine rings is 1. The largest absolute Gasteiger partial charge is 0.340 e. The van der Waals surface area contributed by atoms with Gasteiger partial charge in [-0.15, -0.1) is 0 Å². The topological polar surface area (TPSA) is 23.6 Å². The van der Waals surface area contributed by atoms with E-state index in [2.05, 4.69) is 29.2 Å². The first kappa shape index (κ1) is 18.3. The van der Waals surface area contributed by atoms with Crippen molar-refractivity contribution in [3.63, 3.8) is 0 Å². The van der Waals surface area contributed by atoms with Gasteiger partial charge in [0.2, 0.25) is 5.91 Å². The summed E-state index contributed by atoms with van der Waals surface area (Å²) in [4.78, 5) is 16.7. The second-order valence-electron chi connectivity index (χ2n) is 6.62. The summed E-state index contributed by atoms with van der Waals surface area (Å²) >= 11 is 0. The van der Waals surface area contributed by atoms with E-state index in [-0.39, 0.29) is 11.7 Å². The third-order valence-electron chi connectivity index (χ3n) is 4.74. The van der Waals surface area contributed by atoms with Crippen molar-refractivity contribution in [3.8, 4) is 0 Å². The number of aryl methyl sites for hydroxylation is 1. The first-order chi connectivity index (χ1) is 12.7. The Morgan fingerprint density at radius 2 is 1.65 bits per heavy atom. The first-order valence-corrected chi connectivity index (χ1v) is 9.17. The summed E-state index contributed by atoms with van der Waals surface area (Å²) in [5, 5.41) is 0. The number of halogens is 1. The maximum atomic E-state index is 12.9. The number of hydrogen-bond acceptors (Lipinski definition) is 2. The molecular formula is C22H25FN2O. The summed E-state index contributed by atoms with van der Waals surface area (Å²) in [5.74, 6) is -0.0497. The van der Waals surface area contributed by atoms with Crippen LogP contribution >= 0.6 is 0 Å². The lowest BCUT2D eigenvalue weighted by molar-refractivity contribution is -0.132. The molecule has 0 aliphatic carbocycles. The Kier molecular flexibility index (Phi) is 6.56. The fraction of sp³-hybridized carbons (Fsp3) is 0.318. The zero-order chi connectivity index (χ0) is 18.2. The molecule has 0 radical (unpaired) electrons. The van der Waals surface area contributed by atoms with Crippen molar-refractivity contribution >= 4 is 12.0 Å². The van der Waals surface area contributed by atoms with E-state index < -0.39 is 0 Å². The van der Waals surface area contributed by atoms with E-state index in [0.29, 0.717) is 12.8 Å². The van der Waals surface area contributed by atoms with Crippen LogP contribution in [0.2, 0.25) is 0 Å². The van der Waals surface area contributed by atoms with Gasteiger partial charge in [0, 0.05) is 39.1 Å². The zero-order valence-electron chi connectivity index (χ0n) is 15.0. The summed E-state index contributed by atoms with van der Waals surface area (Å²) in [7, 11) is 0. The van der Waals surface area contributed by atoms with Gasteiger partial charge in [0.15, 0.2) is 0 Å². The Morgan fingerprint density at radius 3 is 2.35 bits per heavy atom. The van der Waals surface area contributed by atoms with Crippen LogP contribution in [0.4, 0.5) is 4.39 Å². The smallest absolute Gasteiger partial charge is 0.222 e. The molecule has 0 saturated carbocycles. The van der Waals surface area contributed by atoms with Crippen LogP contribution in [0, 0.1) is 5.82 Å². The highest BCUT2D eigenvalue weighted by Crippen LogP contribution is 2.09. The third kappa shape index (κ3) is 5.53. The lowest BCUT2D eigenvalue weighted by Gasteiger charge is -2.34. The molecule has 0 spiro atoms. The Hall–Kier alpha value is -2.46. The molecule has 0 atom stereocenters. The second-order valence-corrected chi connectivity index (χ2v) is 6.62. The maximum Gasteiger partial charge on any atom is 0.222 e.